The quantitative estimate of drug-likeness (QED) is 0.733. The van der Waals surface area contributed by atoms with Crippen molar-refractivity contribution in [1.29, 1.82) is 0 Å². The third-order valence-electron chi connectivity index (χ3n) is 7.84. The molecule has 0 unspecified atom stereocenters. The van der Waals surface area contributed by atoms with E-state index in [-0.39, 0.29) is 42.0 Å². The summed E-state index contributed by atoms with van der Waals surface area (Å²) in [6.07, 6.45) is 3.80. The maximum Gasteiger partial charge on any atom is 0.250 e. The Bertz CT molecular complexity index is 1090. The minimum absolute atomic E-state index is 0.0404. The summed E-state index contributed by atoms with van der Waals surface area (Å²) in [6.45, 7) is 2.03. The molecule has 1 aliphatic carbocycles. The van der Waals surface area contributed by atoms with Crippen LogP contribution < -0.4 is 10.9 Å². The van der Waals surface area contributed by atoms with Crippen molar-refractivity contribution in [1.82, 2.24) is 14.8 Å². The number of rotatable bonds is 5. The molecule has 5 atom stereocenters. The van der Waals surface area contributed by atoms with Crippen LogP contribution in [-0.2, 0) is 16.1 Å². The van der Waals surface area contributed by atoms with Gasteiger partial charge in [0.05, 0.1) is 24.0 Å². The number of aliphatic hydroxyl groups excluding tert-OH is 1. The molecule has 7 nitrogen and oxygen atoms in total. The van der Waals surface area contributed by atoms with Crippen molar-refractivity contribution < 1.29 is 14.7 Å². The minimum Gasteiger partial charge on any atom is -0.396 e. The van der Waals surface area contributed by atoms with Crippen LogP contribution in [0.15, 0.2) is 53.3 Å². The lowest BCUT2D eigenvalue weighted by Crippen LogP contribution is -2.50. The number of aliphatic hydroxyl groups is 1. The number of carbonyl (C=O) groups is 2. The van der Waals surface area contributed by atoms with Gasteiger partial charge in [-0.2, -0.15) is 0 Å². The second kappa shape index (κ2) is 8.78. The molecule has 2 aliphatic heterocycles. The fourth-order valence-electron chi connectivity index (χ4n) is 6.18. The lowest BCUT2D eigenvalue weighted by Gasteiger charge is -2.39. The van der Waals surface area contributed by atoms with E-state index in [9.17, 15) is 19.5 Å². The van der Waals surface area contributed by atoms with Gasteiger partial charge in [0.25, 0.3) is 5.56 Å². The molecule has 3 heterocycles. The van der Waals surface area contributed by atoms with Crippen molar-refractivity contribution in [2.24, 2.45) is 17.8 Å². The summed E-state index contributed by atoms with van der Waals surface area (Å²) >= 11 is 0. The van der Waals surface area contributed by atoms with Crippen LogP contribution in [0.5, 0.6) is 0 Å². The van der Waals surface area contributed by atoms with Crippen LogP contribution in [-0.4, -0.2) is 39.0 Å². The van der Waals surface area contributed by atoms with Gasteiger partial charge >= 0.3 is 0 Å². The zero-order valence-corrected chi connectivity index (χ0v) is 18.9. The van der Waals surface area contributed by atoms with Crippen LogP contribution in [0.25, 0.3) is 0 Å². The highest BCUT2D eigenvalue weighted by atomic mass is 16.3. The Kier molecular flexibility index (Phi) is 5.83. The molecule has 0 spiro atoms. The SMILES string of the molecule is C[C@H](NC(=O)[C@H]1[C@H](CO)[C@H]2Cn3c(cccc3=O)[C@@H]1N2C(=O)C1CCCC1)c1ccccc1. The molecule has 0 radical (unpaired) electrons. The van der Waals surface area contributed by atoms with Crippen LogP contribution in [0.3, 0.4) is 0 Å². The van der Waals surface area contributed by atoms with Crippen molar-refractivity contribution in [2.45, 2.75) is 57.3 Å². The predicted molar refractivity (Wildman–Crippen MR) is 123 cm³/mol. The van der Waals surface area contributed by atoms with Crippen LogP contribution in [0, 0.1) is 17.8 Å². The largest absolute Gasteiger partial charge is 0.396 e. The third kappa shape index (κ3) is 3.68. The highest BCUT2D eigenvalue weighted by Gasteiger charge is 2.58. The molecule has 1 aromatic heterocycles. The van der Waals surface area contributed by atoms with Crippen molar-refractivity contribution in [3.05, 3.63) is 70.1 Å². The van der Waals surface area contributed by atoms with Crippen molar-refractivity contribution in [3.63, 3.8) is 0 Å². The van der Waals surface area contributed by atoms with Gasteiger partial charge in [0.15, 0.2) is 0 Å². The summed E-state index contributed by atoms with van der Waals surface area (Å²) < 4.78 is 1.68. The number of nitrogens with one attached hydrogen (secondary N) is 1. The zero-order valence-electron chi connectivity index (χ0n) is 18.9. The van der Waals surface area contributed by atoms with Gasteiger partial charge < -0.3 is 19.9 Å². The first-order valence-electron chi connectivity index (χ1n) is 12.0. The van der Waals surface area contributed by atoms with Crippen molar-refractivity contribution in [2.75, 3.05) is 6.61 Å². The first-order chi connectivity index (χ1) is 16.0. The molecule has 2 aromatic rings. The van der Waals surface area contributed by atoms with E-state index in [2.05, 4.69) is 5.32 Å². The zero-order chi connectivity index (χ0) is 23.1. The van der Waals surface area contributed by atoms with Gasteiger partial charge in [-0.3, -0.25) is 14.4 Å². The summed E-state index contributed by atoms with van der Waals surface area (Å²) in [7, 11) is 0. The number of nitrogens with zero attached hydrogens (tertiary/aromatic N) is 2. The Morgan fingerprint density at radius 3 is 2.52 bits per heavy atom. The normalized spacial score (nSPS) is 27.3. The summed E-state index contributed by atoms with van der Waals surface area (Å²) in [5.41, 5.74) is 1.54. The number of carbonyl (C=O) groups excluding carboxylic acids is 2. The number of hydrogen-bond donors (Lipinski definition) is 2. The maximum atomic E-state index is 13.7. The Hall–Kier alpha value is -2.93. The molecule has 7 heteroatoms. The van der Waals surface area contributed by atoms with Gasteiger partial charge in [0.2, 0.25) is 11.8 Å². The monoisotopic (exact) mass is 449 g/mol. The average Bonchev–Trinajstić information content (AvgIpc) is 3.44. The van der Waals surface area contributed by atoms with E-state index >= 15 is 0 Å². The smallest absolute Gasteiger partial charge is 0.250 e. The minimum atomic E-state index is -0.618. The standard InChI is InChI=1S/C26H31N3O4/c1-16(17-8-3-2-4-9-17)27-25(32)23-19(15-30)21-14-28-20(12-7-13-22(28)31)24(23)29(21)26(33)18-10-5-6-11-18/h2-4,7-9,12-13,16,18-19,21,23-24,30H,5-6,10-11,14-15H2,1H3,(H,27,32)/t16-,19+,21+,23-,24-/m0/s1. The summed E-state index contributed by atoms with van der Waals surface area (Å²) in [6, 6.07) is 13.6. The van der Waals surface area contributed by atoms with Gasteiger partial charge in [-0.25, -0.2) is 0 Å². The van der Waals surface area contributed by atoms with Gasteiger partial charge in [0.1, 0.15) is 0 Å². The molecular weight excluding hydrogens is 418 g/mol. The summed E-state index contributed by atoms with van der Waals surface area (Å²) in [5.74, 6) is -1.21. The van der Waals surface area contributed by atoms with Crippen molar-refractivity contribution in [3.8, 4) is 0 Å². The number of amides is 2. The third-order valence-corrected chi connectivity index (χ3v) is 7.84. The van der Waals surface area contributed by atoms with Crippen LogP contribution in [0.1, 0.15) is 55.9 Å². The molecule has 33 heavy (non-hydrogen) atoms. The fourth-order valence-corrected chi connectivity index (χ4v) is 6.18. The van der Waals surface area contributed by atoms with Gasteiger partial charge in [0, 0.05) is 36.7 Å². The van der Waals surface area contributed by atoms with Gasteiger partial charge in [-0.15, -0.1) is 0 Å². The number of pyridine rings is 1. The van der Waals surface area contributed by atoms with E-state index in [1.807, 2.05) is 48.2 Å². The number of benzene rings is 1. The van der Waals surface area contributed by atoms with Crippen LogP contribution in [0.2, 0.25) is 0 Å². The highest BCUT2D eigenvalue weighted by Crippen LogP contribution is 2.49. The first-order valence-corrected chi connectivity index (χ1v) is 12.0. The molecule has 3 aliphatic rings. The van der Waals surface area contributed by atoms with Crippen molar-refractivity contribution >= 4 is 11.8 Å². The molecule has 2 amide bonds. The topological polar surface area (TPSA) is 91.6 Å². The predicted octanol–water partition coefficient (Wildman–Crippen LogP) is 2.41. The van der Waals surface area contributed by atoms with Crippen LogP contribution in [0.4, 0.5) is 0 Å². The molecule has 1 saturated carbocycles. The van der Waals surface area contributed by atoms with E-state index < -0.39 is 17.9 Å². The lowest BCUT2D eigenvalue weighted by atomic mass is 9.86. The molecule has 2 N–H and O–H groups in total. The van der Waals surface area contributed by atoms with E-state index in [1.165, 1.54) is 6.07 Å². The highest BCUT2D eigenvalue weighted by molar-refractivity contribution is 5.85. The molecule has 1 aromatic carbocycles. The molecular formula is C26H31N3O4. The summed E-state index contributed by atoms with van der Waals surface area (Å²) in [4.78, 5) is 41.8. The summed E-state index contributed by atoms with van der Waals surface area (Å²) in [5, 5.41) is 13.5. The van der Waals surface area contributed by atoms with Gasteiger partial charge in [-0.1, -0.05) is 49.2 Å². The molecule has 174 valence electrons. The first kappa shape index (κ1) is 21.9. The fraction of sp³-hybridized carbons (Fsp3) is 0.500. The number of hydrogen-bond acceptors (Lipinski definition) is 4. The van der Waals surface area contributed by atoms with E-state index in [0.717, 1.165) is 31.2 Å². The molecule has 2 bridgehead atoms. The number of aromatic nitrogens is 1. The second-order valence-electron chi connectivity index (χ2n) is 9.65. The average molecular weight is 450 g/mol. The van der Waals surface area contributed by atoms with Gasteiger partial charge in [-0.05, 0) is 31.4 Å². The molecule has 1 saturated heterocycles. The van der Waals surface area contributed by atoms with E-state index in [0.29, 0.717) is 12.2 Å². The van der Waals surface area contributed by atoms with E-state index in [4.69, 9.17) is 0 Å². The Labute approximate surface area is 193 Å². The Morgan fingerprint density at radius 2 is 1.82 bits per heavy atom. The molecule has 2 fully saturated rings. The number of fused-ring (bicyclic) bond motifs is 4. The Morgan fingerprint density at radius 1 is 1.09 bits per heavy atom. The second-order valence-corrected chi connectivity index (χ2v) is 9.65. The lowest BCUT2D eigenvalue weighted by molar-refractivity contribution is -0.141. The van der Waals surface area contributed by atoms with E-state index in [1.54, 1.807) is 10.6 Å². The Balaban J connectivity index is 1.53. The molecule has 5 rings (SSSR count). The maximum absolute atomic E-state index is 13.7. The van der Waals surface area contributed by atoms with Crippen LogP contribution >= 0.6 is 0 Å².